The summed E-state index contributed by atoms with van der Waals surface area (Å²) < 4.78 is 0. The average Bonchev–Trinajstić information content (AvgIpc) is 2.29. The van der Waals surface area contributed by atoms with Crippen LogP contribution in [0.4, 0.5) is 0 Å². The molecule has 0 unspecified atom stereocenters. The van der Waals surface area contributed by atoms with Crippen molar-refractivity contribution in [2.75, 3.05) is 0 Å². The molecule has 15 heavy (non-hydrogen) atoms. The zero-order valence-electron chi connectivity index (χ0n) is 8.70. The molecule has 0 radical (unpaired) electrons. The first-order valence-corrected chi connectivity index (χ1v) is 5.54. The molecule has 0 aromatic heterocycles. The SMILES string of the molecule is CC[C@@H](N)c1ccc(Cl)c2ccccc12. The van der Waals surface area contributed by atoms with Crippen LogP contribution in [-0.2, 0) is 0 Å². The third-order valence-electron chi connectivity index (χ3n) is 2.74. The molecule has 1 atom stereocenters. The predicted octanol–water partition coefficient (Wildman–Crippen LogP) is 3.90. The highest BCUT2D eigenvalue weighted by atomic mass is 35.5. The Balaban J connectivity index is 2.71. The van der Waals surface area contributed by atoms with Gasteiger partial charge in [-0.1, -0.05) is 48.9 Å². The second kappa shape index (κ2) is 4.21. The van der Waals surface area contributed by atoms with Crippen molar-refractivity contribution in [2.24, 2.45) is 5.73 Å². The van der Waals surface area contributed by atoms with E-state index < -0.39 is 0 Å². The second-order valence-electron chi connectivity index (χ2n) is 3.70. The maximum atomic E-state index is 6.14. The number of benzene rings is 2. The van der Waals surface area contributed by atoms with Crippen molar-refractivity contribution < 1.29 is 0 Å². The van der Waals surface area contributed by atoms with E-state index in [1.54, 1.807) is 0 Å². The lowest BCUT2D eigenvalue weighted by Crippen LogP contribution is -2.08. The first kappa shape index (κ1) is 10.5. The summed E-state index contributed by atoms with van der Waals surface area (Å²) in [7, 11) is 0. The van der Waals surface area contributed by atoms with Crippen LogP contribution < -0.4 is 5.73 Å². The molecule has 0 saturated carbocycles. The van der Waals surface area contributed by atoms with Crippen LogP contribution in [0, 0.1) is 0 Å². The lowest BCUT2D eigenvalue weighted by molar-refractivity contribution is 0.704. The monoisotopic (exact) mass is 219 g/mol. The fourth-order valence-corrected chi connectivity index (χ4v) is 2.06. The minimum atomic E-state index is 0.0900. The average molecular weight is 220 g/mol. The molecular formula is C13H14ClN. The highest BCUT2D eigenvalue weighted by Gasteiger charge is 2.09. The summed E-state index contributed by atoms with van der Waals surface area (Å²) in [4.78, 5) is 0. The molecule has 0 aliphatic carbocycles. The van der Waals surface area contributed by atoms with E-state index in [1.807, 2.05) is 30.3 Å². The van der Waals surface area contributed by atoms with Crippen LogP contribution in [0.3, 0.4) is 0 Å². The van der Waals surface area contributed by atoms with Crippen LogP contribution in [-0.4, -0.2) is 0 Å². The molecule has 0 saturated heterocycles. The molecule has 0 amide bonds. The van der Waals surface area contributed by atoms with Gasteiger partial charge in [0.05, 0.1) is 0 Å². The molecule has 78 valence electrons. The van der Waals surface area contributed by atoms with Gasteiger partial charge in [-0.05, 0) is 23.4 Å². The maximum absolute atomic E-state index is 6.14. The number of nitrogens with two attached hydrogens (primary N) is 1. The normalized spacial score (nSPS) is 13.0. The first-order valence-electron chi connectivity index (χ1n) is 5.16. The van der Waals surface area contributed by atoms with Crippen molar-refractivity contribution in [3.05, 3.63) is 47.0 Å². The molecule has 0 aliphatic heterocycles. The van der Waals surface area contributed by atoms with Crippen molar-refractivity contribution in [3.8, 4) is 0 Å². The van der Waals surface area contributed by atoms with Gasteiger partial charge in [0.1, 0.15) is 0 Å². The standard InChI is InChI=1S/C13H14ClN/c1-2-13(15)11-7-8-12(14)10-6-4-3-5-9(10)11/h3-8,13H,2,15H2,1H3/t13-/m1/s1. The molecule has 0 fully saturated rings. The molecular weight excluding hydrogens is 206 g/mol. The fraction of sp³-hybridized carbons (Fsp3) is 0.231. The van der Waals surface area contributed by atoms with E-state index in [1.165, 1.54) is 10.9 Å². The first-order chi connectivity index (χ1) is 7.24. The topological polar surface area (TPSA) is 26.0 Å². The summed E-state index contributed by atoms with van der Waals surface area (Å²) in [5, 5.41) is 3.04. The fourth-order valence-electron chi connectivity index (χ4n) is 1.83. The largest absolute Gasteiger partial charge is 0.324 e. The van der Waals surface area contributed by atoms with Crippen molar-refractivity contribution in [1.29, 1.82) is 0 Å². The Labute approximate surface area is 94.9 Å². The van der Waals surface area contributed by atoms with E-state index in [-0.39, 0.29) is 6.04 Å². The summed E-state index contributed by atoms with van der Waals surface area (Å²) in [5.74, 6) is 0. The van der Waals surface area contributed by atoms with Gasteiger partial charge < -0.3 is 5.73 Å². The lowest BCUT2D eigenvalue weighted by atomic mass is 9.98. The van der Waals surface area contributed by atoms with E-state index in [2.05, 4.69) is 13.0 Å². The third kappa shape index (κ3) is 1.85. The van der Waals surface area contributed by atoms with Gasteiger partial charge in [0.15, 0.2) is 0 Å². The molecule has 2 heteroatoms. The molecule has 2 N–H and O–H groups in total. The minimum Gasteiger partial charge on any atom is -0.324 e. The van der Waals surface area contributed by atoms with Gasteiger partial charge in [-0.3, -0.25) is 0 Å². The summed E-state index contributed by atoms with van der Waals surface area (Å²) >= 11 is 6.14. The Morgan fingerprint density at radius 3 is 2.47 bits per heavy atom. The number of hydrogen-bond donors (Lipinski definition) is 1. The quantitative estimate of drug-likeness (QED) is 0.815. The van der Waals surface area contributed by atoms with Gasteiger partial charge in [0.25, 0.3) is 0 Å². The van der Waals surface area contributed by atoms with Gasteiger partial charge in [-0.15, -0.1) is 0 Å². The summed E-state index contributed by atoms with van der Waals surface area (Å²) in [6.45, 7) is 2.09. The van der Waals surface area contributed by atoms with Crippen LogP contribution in [0.5, 0.6) is 0 Å². The van der Waals surface area contributed by atoms with Crippen molar-refractivity contribution >= 4 is 22.4 Å². The molecule has 2 rings (SSSR count). The Bertz CT molecular complexity index is 479. The Kier molecular flexibility index (Phi) is 2.94. The molecule has 0 spiro atoms. The number of halogens is 1. The Morgan fingerprint density at radius 1 is 1.13 bits per heavy atom. The van der Waals surface area contributed by atoms with Crippen LogP contribution >= 0.6 is 11.6 Å². The van der Waals surface area contributed by atoms with Crippen molar-refractivity contribution in [2.45, 2.75) is 19.4 Å². The van der Waals surface area contributed by atoms with Gasteiger partial charge in [0.2, 0.25) is 0 Å². The van der Waals surface area contributed by atoms with Crippen LogP contribution in [0.2, 0.25) is 5.02 Å². The molecule has 1 nitrogen and oxygen atoms in total. The molecule has 2 aromatic rings. The van der Waals surface area contributed by atoms with Crippen LogP contribution in [0.1, 0.15) is 24.9 Å². The molecule has 0 bridgehead atoms. The molecule has 0 heterocycles. The Hall–Kier alpha value is -1.05. The maximum Gasteiger partial charge on any atom is 0.0484 e. The Morgan fingerprint density at radius 2 is 1.80 bits per heavy atom. The van der Waals surface area contributed by atoms with E-state index in [4.69, 9.17) is 17.3 Å². The number of hydrogen-bond acceptors (Lipinski definition) is 1. The van der Waals surface area contributed by atoms with E-state index >= 15 is 0 Å². The summed E-state index contributed by atoms with van der Waals surface area (Å²) in [6.07, 6.45) is 0.936. The highest BCUT2D eigenvalue weighted by molar-refractivity contribution is 6.35. The van der Waals surface area contributed by atoms with E-state index in [9.17, 15) is 0 Å². The third-order valence-corrected chi connectivity index (χ3v) is 3.07. The van der Waals surface area contributed by atoms with E-state index in [0.717, 1.165) is 16.8 Å². The lowest BCUT2D eigenvalue weighted by Gasteiger charge is -2.13. The highest BCUT2D eigenvalue weighted by Crippen LogP contribution is 2.29. The van der Waals surface area contributed by atoms with Gasteiger partial charge >= 0.3 is 0 Å². The van der Waals surface area contributed by atoms with Crippen molar-refractivity contribution in [1.82, 2.24) is 0 Å². The van der Waals surface area contributed by atoms with Gasteiger partial charge in [-0.2, -0.15) is 0 Å². The number of rotatable bonds is 2. The smallest absolute Gasteiger partial charge is 0.0484 e. The summed E-state index contributed by atoms with van der Waals surface area (Å²) in [5.41, 5.74) is 7.25. The minimum absolute atomic E-state index is 0.0900. The van der Waals surface area contributed by atoms with Crippen LogP contribution in [0.25, 0.3) is 10.8 Å². The number of fused-ring (bicyclic) bond motifs is 1. The molecule has 0 aliphatic rings. The second-order valence-corrected chi connectivity index (χ2v) is 4.10. The predicted molar refractivity (Wildman–Crippen MR) is 66.2 cm³/mol. The molecule has 2 aromatic carbocycles. The van der Waals surface area contributed by atoms with Crippen molar-refractivity contribution in [3.63, 3.8) is 0 Å². The van der Waals surface area contributed by atoms with Crippen LogP contribution in [0.15, 0.2) is 36.4 Å². The zero-order valence-corrected chi connectivity index (χ0v) is 9.46. The van der Waals surface area contributed by atoms with Gasteiger partial charge in [-0.25, -0.2) is 0 Å². The van der Waals surface area contributed by atoms with E-state index in [0.29, 0.717) is 0 Å². The van der Waals surface area contributed by atoms with Gasteiger partial charge in [0, 0.05) is 16.5 Å². The summed E-state index contributed by atoms with van der Waals surface area (Å²) in [6, 6.07) is 12.2. The zero-order chi connectivity index (χ0) is 10.8.